The normalized spacial score (nSPS) is 13.3. The highest BCUT2D eigenvalue weighted by molar-refractivity contribution is 7.89. The molecule has 28 heavy (non-hydrogen) atoms. The van der Waals surface area contributed by atoms with Gasteiger partial charge in [-0.2, -0.15) is 4.72 Å². The highest BCUT2D eigenvalue weighted by atomic mass is 32.2. The van der Waals surface area contributed by atoms with Crippen LogP contribution < -0.4 is 4.72 Å². The lowest BCUT2D eigenvalue weighted by molar-refractivity contribution is -0.143. The monoisotopic (exact) mass is 405 g/mol. The number of carbonyl (C=O) groups excluding carboxylic acids is 1. The van der Waals surface area contributed by atoms with E-state index in [2.05, 4.69) is 24.6 Å². The number of esters is 1. The molecule has 0 aromatic rings. The van der Waals surface area contributed by atoms with E-state index in [1.54, 1.807) is 6.07 Å². The zero-order valence-corrected chi connectivity index (χ0v) is 18.6. The van der Waals surface area contributed by atoms with Crippen molar-refractivity contribution < 1.29 is 17.9 Å². The average Bonchev–Trinajstić information content (AvgIpc) is 2.82. The third-order valence-corrected chi connectivity index (χ3v) is 6.46. The van der Waals surface area contributed by atoms with Gasteiger partial charge in [-0.3, -0.25) is 4.79 Å². The van der Waals surface area contributed by atoms with Gasteiger partial charge in [-0.05, 0) is 60.4 Å². The minimum absolute atomic E-state index is 0.137. The lowest BCUT2D eigenvalue weighted by atomic mass is 10.0. The van der Waals surface area contributed by atoms with Crippen molar-refractivity contribution >= 4 is 16.0 Å². The number of rotatable bonds is 7. The Labute approximate surface area is 168 Å². The summed E-state index contributed by atoms with van der Waals surface area (Å²) in [6.07, 6.45) is 0.369. The van der Waals surface area contributed by atoms with Crippen molar-refractivity contribution in [2.45, 2.75) is 64.8 Å². The first kappa shape index (κ1) is 22.4. The summed E-state index contributed by atoms with van der Waals surface area (Å²) in [7, 11) is -2.64. The van der Waals surface area contributed by atoms with Gasteiger partial charge in [0.1, 0.15) is 6.04 Å². The Hall–Kier alpha value is -1.92. The summed E-state index contributed by atoms with van der Waals surface area (Å²) in [5.74, 6) is -0.107. The maximum atomic E-state index is 13.2. The van der Waals surface area contributed by atoms with E-state index in [1.807, 2.05) is 39.8 Å². The molecular weight excluding hydrogens is 374 g/mol. The molecular formula is C22H31NO4S. The molecule has 2 rings (SSSR count). The molecule has 0 aromatic heterocycles. The van der Waals surface area contributed by atoms with Crippen LogP contribution in [0, 0.1) is 19.8 Å². The lowest BCUT2D eigenvalue weighted by Gasteiger charge is -2.18. The van der Waals surface area contributed by atoms with Crippen LogP contribution in [-0.4, -0.2) is 27.5 Å². The molecule has 2 aliphatic carbocycles. The number of aryl methyl sites for hydroxylation is 2. The summed E-state index contributed by atoms with van der Waals surface area (Å²) >= 11 is 0. The van der Waals surface area contributed by atoms with Crippen molar-refractivity contribution in [1.29, 1.82) is 0 Å². The zero-order valence-electron chi connectivity index (χ0n) is 17.8. The SMILES string of the molecule is COC(=O)C(CC(C)C)NS(=O)(=O)c1cc(C)c2cc(C(C)C)ccc(C)c1-2. The Bertz CT molecular complexity index is 932. The van der Waals surface area contributed by atoms with Gasteiger partial charge >= 0.3 is 5.97 Å². The second-order valence-electron chi connectivity index (χ2n) is 8.12. The summed E-state index contributed by atoms with van der Waals surface area (Å²) in [6.45, 7) is 11.9. The first-order valence-electron chi connectivity index (χ1n) is 9.62. The first-order chi connectivity index (χ1) is 13.0. The lowest BCUT2D eigenvalue weighted by Crippen LogP contribution is -2.42. The molecule has 2 aliphatic rings. The van der Waals surface area contributed by atoms with Crippen molar-refractivity contribution in [1.82, 2.24) is 4.72 Å². The van der Waals surface area contributed by atoms with Crippen LogP contribution in [0.3, 0.4) is 0 Å². The highest BCUT2D eigenvalue weighted by Gasteiger charge is 2.31. The van der Waals surface area contributed by atoms with Crippen molar-refractivity contribution in [2.75, 3.05) is 7.11 Å². The molecule has 1 N–H and O–H groups in total. The van der Waals surface area contributed by atoms with Gasteiger partial charge in [0.2, 0.25) is 10.0 Å². The quantitative estimate of drug-likeness (QED) is 0.693. The van der Waals surface area contributed by atoms with Gasteiger partial charge in [-0.15, -0.1) is 0 Å². The van der Waals surface area contributed by atoms with E-state index in [9.17, 15) is 13.2 Å². The number of methoxy groups -OCH3 is 1. The van der Waals surface area contributed by atoms with E-state index in [0.29, 0.717) is 17.9 Å². The number of sulfonamides is 1. The van der Waals surface area contributed by atoms with Crippen molar-refractivity contribution in [3.05, 3.63) is 41.0 Å². The summed E-state index contributed by atoms with van der Waals surface area (Å²) < 4.78 is 33.8. The van der Waals surface area contributed by atoms with E-state index < -0.39 is 22.0 Å². The van der Waals surface area contributed by atoms with Crippen LogP contribution in [0.5, 0.6) is 0 Å². The molecule has 154 valence electrons. The summed E-state index contributed by atoms with van der Waals surface area (Å²) in [5.41, 5.74) is 4.55. The molecule has 0 fully saturated rings. The molecule has 0 aromatic carbocycles. The molecule has 0 bridgehead atoms. The van der Waals surface area contributed by atoms with E-state index in [1.165, 1.54) is 7.11 Å². The van der Waals surface area contributed by atoms with Gasteiger partial charge in [0.05, 0.1) is 12.0 Å². The Morgan fingerprint density at radius 2 is 1.71 bits per heavy atom. The van der Waals surface area contributed by atoms with Crippen LogP contribution in [0.2, 0.25) is 0 Å². The van der Waals surface area contributed by atoms with E-state index >= 15 is 0 Å². The number of ether oxygens (including phenoxy) is 1. The molecule has 0 amide bonds. The van der Waals surface area contributed by atoms with Crippen LogP contribution in [0.1, 0.15) is 56.7 Å². The number of nitrogens with one attached hydrogen (secondary N) is 1. The molecule has 0 spiro atoms. The van der Waals surface area contributed by atoms with Gasteiger partial charge in [-0.1, -0.05) is 45.9 Å². The minimum Gasteiger partial charge on any atom is -0.468 e. The van der Waals surface area contributed by atoms with Gasteiger partial charge in [0.15, 0.2) is 0 Å². The average molecular weight is 406 g/mol. The summed E-state index contributed by atoms with van der Waals surface area (Å²) in [5, 5.41) is 0. The maximum Gasteiger partial charge on any atom is 0.323 e. The fourth-order valence-corrected chi connectivity index (χ4v) is 4.98. The van der Waals surface area contributed by atoms with Gasteiger partial charge in [-0.25, -0.2) is 8.42 Å². The predicted molar refractivity (Wildman–Crippen MR) is 112 cm³/mol. The number of hydrogen-bond acceptors (Lipinski definition) is 4. The summed E-state index contributed by atoms with van der Waals surface area (Å²) in [4.78, 5) is 12.3. The van der Waals surface area contributed by atoms with E-state index in [0.717, 1.165) is 22.3 Å². The van der Waals surface area contributed by atoms with Crippen molar-refractivity contribution in [3.8, 4) is 11.1 Å². The number of fused-ring (bicyclic) bond motifs is 1. The minimum atomic E-state index is -3.90. The van der Waals surface area contributed by atoms with Crippen molar-refractivity contribution in [3.63, 3.8) is 0 Å². The van der Waals surface area contributed by atoms with Crippen LogP contribution in [0.25, 0.3) is 11.1 Å². The standard InChI is InChI=1S/C22H31NO4S/c1-13(2)10-19(22(24)27-7)23-28(25,26)20-11-16(6)18-12-17(14(3)4)9-8-15(5)21(18)20/h8-9,11-14,19,23H,10H2,1-7H3. The molecule has 5 nitrogen and oxygen atoms in total. The van der Waals surface area contributed by atoms with Crippen molar-refractivity contribution in [2.24, 2.45) is 5.92 Å². The Morgan fingerprint density at radius 1 is 1.07 bits per heavy atom. The van der Waals surface area contributed by atoms with Gasteiger partial charge in [0.25, 0.3) is 0 Å². The predicted octanol–water partition coefficient (Wildman–Crippen LogP) is 4.40. The summed E-state index contributed by atoms with van der Waals surface area (Å²) in [6, 6.07) is 6.84. The largest absolute Gasteiger partial charge is 0.468 e. The topological polar surface area (TPSA) is 72.5 Å². The molecule has 0 heterocycles. The third-order valence-electron chi connectivity index (χ3n) is 4.97. The molecule has 0 saturated carbocycles. The van der Waals surface area contributed by atoms with Gasteiger partial charge < -0.3 is 4.74 Å². The fourth-order valence-electron chi connectivity index (χ4n) is 3.42. The van der Waals surface area contributed by atoms with Crippen LogP contribution >= 0.6 is 0 Å². The van der Waals surface area contributed by atoms with Crippen LogP contribution in [-0.2, 0) is 19.6 Å². The molecule has 0 radical (unpaired) electrons. The van der Waals surface area contributed by atoms with Crippen LogP contribution in [0.4, 0.5) is 0 Å². The Morgan fingerprint density at radius 3 is 2.25 bits per heavy atom. The van der Waals surface area contributed by atoms with Crippen LogP contribution in [0.15, 0.2) is 29.2 Å². The molecule has 6 heteroatoms. The second kappa shape index (κ2) is 8.62. The van der Waals surface area contributed by atoms with E-state index in [4.69, 9.17) is 4.74 Å². The first-order valence-corrected chi connectivity index (χ1v) is 11.1. The Balaban J connectivity index is 2.57. The fraction of sp³-hybridized carbons (Fsp3) is 0.500. The molecule has 1 unspecified atom stereocenters. The smallest absolute Gasteiger partial charge is 0.323 e. The number of carbonyl (C=O) groups is 1. The Kier molecular flexibility index (Phi) is 6.88. The molecule has 0 saturated heterocycles. The molecule has 1 atom stereocenters. The maximum absolute atomic E-state index is 13.2. The van der Waals surface area contributed by atoms with E-state index in [-0.39, 0.29) is 10.8 Å². The molecule has 0 aliphatic heterocycles. The highest BCUT2D eigenvalue weighted by Crippen LogP contribution is 2.38. The third kappa shape index (κ3) is 4.73. The number of hydrogen-bond donors (Lipinski definition) is 1. The van der Waals surface area contributed by atoms with Gasteiger partial charge in [0, 0.05) is 5.56 Å². The second-order valence-corrected chi connectivity index (χ2v) is 9.80. The zero-order chi connectivity index (χ0) is 21.2.